The average Bonchev–Trinajstić information content (AvgIpc) is 3.48. The average molecular weight is 529 g/mol. The van der Waals surface area contributed by atoms with Crippen molar-refractivity contribution >= 4 is 33.9 Å². The zero-order valence-electron chi connectivity index (χ0n) is 23.1. The van der Waals surface area contributed by atoms with Crippen molar-refractivity contribution in [2.24, 2.45) is 5.92 Å². The summed E-state index contributed by atoms with van der Waals surface area (Å²) in [6.45, 7) is 9.52. The van der Waals surface area contributed by atoms with Gasteiger partial charge in [0.05, 0.1) is 47.8 Å². The van der Waals surface area contributed by atoms with E-state index in [1.807, 2.05) is 56.8 Å². The maximum Gasteiger partial charge on any atom is 0.419 e. The zero-order valence-corrected chi connectivity index (χ0v) is 23.1. The first-order valence-electron chi connectivity index (χ1n) is 13.0. The summed E-state index contributed by atoms with van der Waals surface area (Å²) in [7, 11) is 1.61. The van der Waals surface area contributed by atoms with E-state index in [2.05, 4.69) is 6.07 Å². The number of esters is 1. The summed E-state index contributed by atoms with van der Waals surface area (Å²) >= 11 is 0. The molecule has 0 N–H and O–H groups in total. The maximum absolute atomic E-state index is 13.2. The van der Waals surface area contributed by atoms with Crippen molar-refractivity contribution in [3.8, 4) is 11.8 Å². The quantitative estimate of drug-likeness (QED) is 0.307. The van der Waals surface area contributed by atoms with Crippen LogP contribution in [0, 0.1) is 24.2 Å². The van der Waals surface area contributed by atoms with Crippen LogP contribution in [-0.2, 0) is 19.8 Å². The largest absolute Gasteiger partial charge is 0.496 e. The van der Waals surface area contributed by atoms with E-state index in [0.717, 1.165) is 21.9 Å². The number of methoxy groups -OCH3 is 1. The highest BCUT2D eigenvalue weighted by molar-refractivity contribution is 5.96. The predicted molar refractivity (Wildman–Crippen MR) is 146 cm³/mol. The summed E-state index contributed by atoms with van der Waals surface area (Å²) in [4.78, 5) is 25.9. The van der Waals surface area contributed by atoms with Gasteiger partial charge in [0.1, 0.15) is 11.4 Å². The number of benzene rings is 2. The highest BCUT2D eigenvalue weighted by Gasteiger charge is 2.54. The molecule has 2 aromatic carbocycles. The first-order valence-corrected chi connectivity index (χ1v) is 13.0. The molecule has 1 aliphatic rings. The lowest BCUT2D eigenvalue weighted by Gasteiger charge is -2.47. The van der Waals surface area contributed by atoms with Gasteiger partial charge in [0.25, 0.3) is 0 Å². The minimum absolute atomic E-state index is 0.245. The van der Waals surface area contributed by atoms with E-state index in [1.165, 1.54) is 4.57 Å². The Morgan fingerprint density at radius 1 is 1.21 bits per heavy atom. The van der Waals surface area contributed by atoms with Crippen LogP contribution in [0.4, 0.5) is 4.79 Å². The fourth-order valence-electron chi connectivity index (χ4n) is 5.60. The first-order chi connectivity index (χ1) is 18.5. The maximum atomic E-state index is 13.2. The molecule has 0 amide bonds. The third-order valence-corrected chi connectivity index (χ3v) is 7.26. The number of aryl methyl sites for hydroxylation is 1. The molecule has 0 saturated heterocycles. The molecule has 0 bridgehead atoms. The van der Waals surface area contributed by atoms with Crippen LogP contribution >= 0.6 is 0 Å². The molecule has 0 atom stereocenters. The number of nitrogens with zero attached hydrogens (tertiary/aromatic N) is 4. The van der Waals surface area contributed by atoms with Crippen LogP contribution in [0.1, 0.15) is 57.2 Å². The molecule has 0 spiro atoms. The van der Waals surface area contributed by atoms with E-state index in [0.29, 0.717) is 41.8 Å². The minimum Gasteiger partial charge on any atom is -0.496 e. The van der Waals surface area contributed by atoms with Crippen LogP contribution < -0.4 is 4.74 Å². The van der Waals surface area contributed by atoms with Gasteiger partial charge in [-0.25, -0.2) is 4.79 Å². The van der Waals surface area contributed by atoms with Crippen LogP contribution in [0.5, 0.6) is 5.75 Å². The van der Waals surface area contributed by atoms with Crippen molar-refractivity contribution < 1.29 is 23.8 Å². The Bertz CT molecular complexity index is 1640. The molecule has 9 nitrogen and oxygen atoms in total. The lowest BCUT2D eigenvalue weighted by Crippen LogP contribution is -2.50. The molecule has 0 radical (unpaired) electrons. The van der Waals surface area contributed by atoms with Crippen LogP contribution in [0.2, 0.25) is 0 Å². The van der Waals surface area contributed by atoms with Gasteiger partial charge >= 0.3 is 12.1 Å². The number of hydrogen-bond acceptors (Lipinski definition) is 7. The molecule has 39 heavy (non-hydrogen) atoms. The van der Waals surface area contributed by atoms with Gasteiger partial charge in [-0.2, -0.15) is 10.4 Å². The van der Waals surface area contributed by atoms with Gasteiger partial charge in [0.15, 0.2) is 0 Å². The Morgan fingerprint density at radius 2 is 1.95 bits per heavy atom. The zero-order chi connectivity index (χ0) is 28.1. The van der Waals surface area contributed by atoms with Gasteiger partial charge in [-0.1, -0.05) is 0 Å². The van der Waals surface area contributed by atoms with E-state index < -0.39 is 17.2 Å². The molecule has 1 aliphatic carbocycles. The molecule has 0 aliphatic heterocycles. The minimum atomic E-state index is -0.749. The number of aromatic nitrogens is 3. The second-order valence-corrected chi connectivity index (χ2v) is 11.0. The highest BCUT2D eigenvalue weighted by Crippen LogP contribution is 2.54. The van der Waals surface area contributed by atoms with E-state index in [-0.39, 0.29) is 11.9 Å². The monoisotopic (exact) mass is 528 g/mol. The fourth-order valence-corrected chi connectivity index (χ4v) is 5.60. The number of carbonyl (C=O) groups is 2. The summed E-state index contributed by atoms with van der Waals surface area (Å²) in [5.41, 5.74) is 2.19. The van der Waals surface area contributed by atoms with Crippen molar-refractivity contribution in [3.63, 3.8) is 0 Å². The number of ether oxygens (including phenoxy) is 3. The molecule has 2 aromatic heterocycles. The molecule has 202 valence electrons. The SMILES string of the molecule is CCOC(=O)C1CC(c2c(OC)cc(C)c3c2ccn3C(=O)OC(C)(C)C)(n2cc3ccc(C#N)cc3n2)C1. The first kappa shape index (κ1) is 26.3. The number of rotatable bonds is 5. The predicted octanol–water partition coefficient (Wildman–Crippen LogP) is 5.68. The molecule has 9 heteroatoms. The van der Waals surface area contributed by atoms with E-state index >= 15 is 0 Å². The van der Waals surface area contributed by atoms with E-state index in [9.17, 15) is 14.9 Å². The van der Waals surface area contributed by atoms with Crippen molar-refractivity contribution in [3.05, 3.63) is 59.4 Å². The second kappa shape index (κ2) is 9.45. The second-order valence-electron chi connectivity index (χ2n) is 11.0. The summed E-state index contributed by atoms with van der Waals surface area (Å²) in [6.07, 6.45) is 4.06. The van der Waals surface area contributed by atoms with E-state index in [1.54, 1.807) is 32.4 Å². The standard InChI is InChI=1S/C30H32N4O5/c1-7-38-27(35)21-14-30(15-21,34-17-20-9-8-19(16-31)13-23(20)32-34)25-22-10-11-33(28(36)39-29(3,4)5)26(22)18(2)12-24(25)37-6/h8-13,17,21H,7,14-15H2,1-6H3. The summed E-state index contributed by atoms with van der Waals surface area (Å²) < 4.78 is 20.3. The molecule has 1 fully saturated rings. The van der Waals surface area contributed by atoms with Gasteiger partial charge < -0.3 is 14.2 Å². The Kier molecular flexibility index (Phi) is 6.37. The third kappa shape index (κ3) is 4.40. The van der Waals surface area contributed by atoms with Gasteiger partial charge in [0, 0.05) is 28.7 Å². The summed E-state index contributed by atoms with van der Waals surface area (Å²) in [5.74, 6) is 0.0766. The van der Waals surface area contributed by atoms with Gasteiger partial charge in [-0.15, -0.1) is 0 Å². The molecule has 2 heterocycles. The number of fused-ring (bicyclic) bond motifs is 2. The molecule has 0 unspecified atom stereocenters. The van der Waals surface area contributed by atoms with Gasteiger partial charge in [-0.3, -0.25) is 14.0 Å². The molecular weight excluding hydrogens is 496 g/mol. The van der Waals surface area contributed by atoms with Crippen LogP contribution in [0.3, 0.4) is 0 Å². The normalized spacial score (nSPS) is 18.9. The molecule has 4 aromatic rings. The number of nitriles is 1. The Balaban J connectivity index is 1.73. The third-order valence-electron chi connectivity index (χ3n) is 7.26. The number of carbonyl (C=O) groups excluding carboxylic acids is 2. The van der Waals surface area contributed by atoms with Gasteiger partial charge in [-0.05, 0) is 83.4 Å². The van der Waals surface area contributed by atoms with Crippen LogP contribution in [-0.4, -0.2) is 45.7 Å². The summed E-state index contributed by atoms with van der Waals surface area (Å²) in [5, 5.41) is 16.0. The molecule has 5 rings (SSSR count). The Morgan fingerprint density at radius 3 is 2.59 bits per heavy atom. The van der Waals surface area contributed by atoms with Gasteiger partial charge in [0.2, 0.25) is 0 Å². The van der Waals surface area contributed by atoms with Crippen LogP contribution in [0.15, 0.2) is 42.7 Å². The number of hydrogen-bond donors (Lipinski definition) is 0. The van der Waals surface area contributed by atoms with Crippen molar-refractivity contribution in [2.75, 3.05) is 13.7 Å². The van der Waals surface area contributed by atoms with Crippen molar-refractivity contribution in [1.29, 1.82) is 5.26 Å². The lowest BCUT2D eigenvalue weighted by atomic mass is 9.63. The van der Waals surface area contributed by atoms with Crippen molar-refractivity contribution in [1.82, 2.24) is 14.3 Å². The topological polar surface area (TPSA) is 108 Å². The summed E-state index contributed by atoms with van der Waals surface area (Å²) in [6, 6.07) is 11.3. The Labute approximate surface area is 226 Å². The fraction of sp³-hybridized carbons (Fsp3) is 0.400. The molecule has 1 saturated carbocycles. The lowest BCUT2D eigenvalue weighted by molar-refractivity contribution is -0.154. The van der Waals surface area contributed by atoms with Crippen molar-refractivity contribution in [2.45, 2.75) is 58.6 Å². The highest BCUT2D eigenvalue weighted by atomic mass is 16.6. The van der Waals surface area contributed by atoms with Crippen LogP contribution in [0.25, 0.3) is 21.8 Å². The van der Waals surface area contributed by atoms with E-state index in [4.69, 9.17) is 19.3 Å². The Hall–Kier alpha value is -4.32. The molecular formula is C30H32N4O5. The smallest absolute Gasteiger partial charge is 0.419 e.